The Morgan fingerprint density at radius 3 is 2.30 bits per heavy atom. The van der Waals surface area contributed by atoms with Crippen LogP contribution in [0.1, 0.15) is 59.8 Å². The molecule has 0 atom stereocenters. The number of ether oxygens (including phenoxy) is 1. The van der Waals surface area contributed by atoms with Crippen molar-refractivity contribution in [2.24, 2.45) is 17.8 Å². The lowest BCUT2D eigenvalue weighted by Crippen LogP contribution is -2.41. The number of carbonyl (C=O) groups excluding carboxylic acids is 1. The van der Waals surface area contributed by atoms with Crippen molar-refractivity contribution in [2.75, 3.05) is 39.4 Å². The topological polar surface area (TPSA) is 41.6 Å². The van der Waals surface area contributed by atoms with Crippen molar-refractivity contribution in [1.29, 1.82) is 0 Å². The summed E-state index contributed by atoms with van der Waals surface area (Å²) in [6.45, 7) is 13.7. The Labute approximate surface area is 143 Å². The molecule has 0 aromatic carbocycles. The molecule has 2 aliphatic heterocycles. The van der Waals surface area contributed by atoms with Crippen LogP contribution in [0.2, 0.25) is 0 Å². The SMILES string of the molecule is CC.CC(C)C1CCN(C(=O)COCCC2CCNCC2)CC1. The fourth-order valence-electron chi connectivity index (χ4n) is 3.49. The van der Waals surface area contributed by atoms with Gasteiger partial charge in [-0.15, -0.1) is 0 Å². The number of rotatable bonds is 6. The number of nitrogens with one attached hydrogen (secondary N) is 1. The molecule has 2 saturated heterocycles. The Morgan fingerprint density at radius 1 is 1.13 bits per heavy atom. The summed E-state index contributed by atoms with van der Waals surface area (Å²) < 4.78 is 5.61. The molecule has 2 aliphatic rings. The molecule has 4 heteroatoms. The predicted octanol–water partition coefficient (Wildman–Crippen LogP) is 3.31. The molecule has 2 heterocycles. The van der Waals surface area contributed by atoms with Crippen molar-refractivity contribution >= 4 is 5.91 Å². The van der Waals surface area contributed by atoms with Crippen LogP contribution in [0.4, 0.5) is 0 Å². The maximum Gasteiger partial charge on any atom is 0.248 e. The van der Waals surface area contributed by atoms with E-state index in [9.17, 15) is 4.79 Å². The minimum Gasteiger partial charge on any atom is -0.372 e. The first kappa shape index (κ1) is 20.4. The van der Waals surface area contributed by atoms with E-state index in [-0.39, 0.29) is 12.5 Å². The number of amides is 1. The van der Waals surface area contributed by atoms with Crippen molar-refractivity contribution in [3.8, 4) is 0 Å². The zero-order chi connectivity index (χ0) is 17.1. The molecule has 0 aliphatic carbocycles. The van der Waals surface area contributed by atoms with E-state index in [2.05, 4.69) is 19.2 Å². The van der Waals surface area contributed by atoms with Crippen LogP contribution in [-0.2, 0) is 9.53 Å². The van der Waals surface area contributed by atoms with Crippen LogP contribution in [0, 0.1) is 17.8 Å². The highest BCUT2D eigenvalue weighted by atomic mass is 16.5. The summed E-state index contributed by atoms with van der Waals surface area (Å²) >= 11 is 0. The third-order valence-electron chi connectivity index (χ3n) is 5.19. The highest BCUT2D eigenvalue weighted by Gasteiger charge is 2.24. The molecule has 0 unspecified atom stereocenters. The van der Waals surface area contributed by atoms with Gasteiger partial charge in [-0.25, -0.2) is 0 Å². The third-order valence-corrected chi connectivity index (χ3v) is 5.19. The maximum atomic E-state index is 12.1. The van der Waals surface area contributed by atoms with Gasteiger partial charge >= 0.3 is 0 Å². The molecular formula is C19H38N2O2. The van der Waals surface area contributed by atoms with Crippen LogP contribution in [0.5, 0.6) is 0 Å². The van der Waals surface area contributed by atoms with Gasteiger partial charge in [-0.1, -0.05) is 27.7 Å². The molecule has 1 N–H and O–H groups in total. The highest BCUT2D eigenvalue weighted by Crippen LogP contribution is 2.24. The molecule has 0 aromatic rings. The summed E-state index contributed by atoms with van der Waals surface area (Å²) in [6.07, 6.45) is 5.90. The predicted molar refractivity (Wildman–Crippen MR) is 96.5 cm³/mol. The molecule has 1 amide bonds. The quantitative estimate of drug-likeness (QED) is 0.761. The molecule has 2 fully saturated rings. The van der Waals surface area contributed by atoms with Crippen LogP contribution >= 0.6 is 0 Å². The first-order valence-electron chi connectivity index (χ1n) is 9.73. The molecule has 0 aromatic heterocycles. The number of hydrogen-bond acceptors (Lipinski definition) is 3. The van der Waals surface area contributed by atoms with Crippen LogP contribution in [0.15, 0.2) is 0 Å². The molecule has 23 heavy (non-hydrogen) atoms. The Morgan fingerprint density at radius 2 is 1.74 bits per heavy atom. The molecule has 0 saturated carbocycles. The van der Waals surface area contributed by atoms with E-state index in [0.29, 0.717) is 0 Å². The zero-order valence-corrected chi connectivity index (χ0v) is 15.8. The minimum atomic E-state index is 0.183. The highest BCUT2D eigenvalue weighted by molar-refractivity contribution is 5.77. The smallest absolute Gasteiger partial charge is 0.248 e. The number of piperidine rings is 2. The summed E-state index contributed by atoms with van der Waals surface area (Å²) in [4.78, 5) is 14.1. The monoisotopic (exact) mass is 326 g/mol. The molecule has 0 radical (unpaired) electrons. The van der Waals surface area contributed by atoms with Gasteiger partial charge in [0.05, 0.1) is 0 Å². The van der Waals surface area contributed by atoms with E-state index in [0.717, 1.165) is 69.8 Å². The second-order valence-electron chi connectivity index (χ2n) is 7.00. The second kappa shape index (κ2) is 11.9. The van der Waals surface area contributed by atoms with Crippen molar-refractivity contribution in [1.82, 2.24) is 10.2 Å². The summed E-state index contributed by atoms with van der Waals surface area (Å²) in [5.74, 6) is 2.49. The lowest BCUT2D eigenvalue weighted by atomic mass is 9.87. The Hall–Kier alpha value is -0.610. The molecule has 2 rings (SSSR count). The molecular weight excluding hydrogens is 288 g/mol. The van der Waals surface area contributed by atoms with Crippen LogP contribution in [0.25, 0.3) is 0 Å². The van der Waals surface area contributed by atoms with Gasteiger partial charge in [-0.3, -0.25) is 4.79 Å². The summed E-state index contributed by atoms with van der Waals surface area (Å²) in [6, 6.07) is 0. The number of hydrogen-bond donors (Lipinski definition) is 1. The molecule has 4 nitrogen and oxygen atoms in total. The zero-order valence-electron chi connectivity index (χ0n) is 15.8. The fraction of sp³-hybridized carbons (Fsp3) is 0.947. The van der Waals surface area contributed by atoms with Crippen molar-refractivity contribution < 1.29 is 9.53 Å². The normalized spacial score (nSPS) is 20.3. The molecule has 0 spiro atoms. The number of nitrogens with zero attached hydrogens (tertiary/aromatic N) is 1. The van der Waals surface area contributed by atoms with E-state index in [4.69, 9.17) is 4.74 Å². The summed E-state index contributed by atoms with van der Waals surface area (Å²) in [7, 11) is 0. The van der Waals surface area contributed by atoms with E-state index < -0.39 is 0 Å². The van der Waals surface area contributed by atoms with Gasteiger partial charge in [-0.05, 0) is 62.9 Å². The standard InChI is InChI=1S/C17H32N2O2.C2H6/c1-14(2)16-5-10-19(11-6-16)17(20)13-21-12-7-15-3-8-18-9-4-15;1-2/h14-16,18H,3-13H2,1-2H3;1-2H3. The van der Waals surface area contributed by atoms with Crippen molar-refractivity contribution in [3.05, 3.63) is 0 Å². The molecule has 0 bridgehead atoms. The average molecular weight is 327 g/mol. The van der Waals surface area contributed by atoms with E-state index in [1.807, 2.05) is 18.7 Å². The first-order valence-corrected chi connectivity index (χ1v) is 9.73. The van der Waals surface area contributed by atoms with E-state index in [1.54, 1.807) is 0 Å². The number of carbonyl (C=O) groups is 1. The van der Waals surface area contributed by atoms with Gasteiger partial charge in [0.2, 0.25) is 5.91 Å². The average Bonchev–Trinajstić information content (AvgIpc) is 2.61. The fourth-order valence-corrected chi connectivity index (χ4v) is 3.49. The van der Waals surface area contributed by atoms with Gasteiger partial charge in [0.25, 0.3) is 0 Å². The van der Waals surface area contributed by atoms with Gasteiger partial charge in [0.15, 0.2) is 0 Å². The minimum absolute atomic E-state index is 0.183. The van der Waals surface area contributed by atoms with E-state index >= 15 is 0 Å². The Balaban J connectivity index is 0.00000127. The third kappa shape index (κ3) is 7.67. The molecule has 136 valence electrons. The van der Waals surface area contributed by atoms with Crippen LogP contribution in [-0.4, -0.2) is 50.2 Å². The Bertz CT molecular complexity index is 306. The largest absolute Gasteiger partial charge is 0.372 e. The maximum absolute atomic E-state index is 12.1. The van der Waals surface area contributed by atoms with Gasteiger partial charge in [-0.2, -0.15) is 0 Å². The van der Waals surface area contributed by atoms with Crippen molar-refractivity contribution in [3.63, 3.8) is 0 Å². The Kier molecular flexibility index (Phi) is 10.5. The lowest BCUT2D eigenvalue weighted by molar-refractivity contribution is -0.137. The first-order chi connectivity index (χ1) is 11.2. The van der Waals surface area contributed by atoms with Gasteiger partial charge in [0.1, 0.15) is 6.61 Å². The van der Waals surface area contributed by atoms with E-state index in [1.165, 1.54) is 12.8 Å². The van der Waals surface area contributed by atoms with Crippen LogP contribution in [0.3, 0.4) is 0 Å². The second-order valence-corrected chi connectivity index (χ2v) is 7.00. The van der Waals surface area contributed by atoms with Crippen LogP contribution < -0.4 is 5.32 Å². The summed E-state index contributed by atoms with van der Waals surface area (Å²) in [5.41, 5.74) is 0. The van der Waals surface area contributed by atoms with Crippen molar-refractivity contribution in [2.45, 2.75) is 59.8 Å². The lowest BCUT2D eigenvalue weighted by Gasteiger charge is -2.33. The van der Waals surface area contributed by atoms with Gasteiger partial charge < -0.3 is 15.0 Å². The number of likely N-dealkylation sites (tertiary alicyclic amines) is 1. The summed E-state index contributed by atoms with van der Waals surface area (Å²) in [5, 5.41) is 3.38. The van der Waals surface area contributed by atoms with Gasteiger partial charge in [0, 0.05) is 19.7 Å².